The Balaban J connectivity index is 2.21. The number of hydrogen-bond acceptors (Lipinski definition) is 3. The van der Waals surface area contributed by atoms with Crippen molar-refractivity contribution in [2.75, 3.05) is 0 Å². The monoisotopic (exact) mass is 232 g/mol. The van der Waals surface area contributed by atoms with Gasteiger partial charge in [0.1, 0.15) is 17.3 Å². The van der Waals surface area contributed by atoms with E-state index in [0.717, 1.165) is 6.07 Å². The largest absolute Gasteiger partial charge is 0.491 e. The highest BCUT2D eigenvalue weighted by Gasteiger charge is 2.16. The summed E-state index contributed by atoms with van der Waals surface area (Å²) in [6.07, 6.45) is 0. The smallest absolute Gasteiger partial charge is 0.457 e. The van der Waals surface area contributed by atoms with Crippen molar-refractivity contribution in [2.24, 2.45) is 0 Å². The van der Waals surface area contributed by atoms with Crippen LogP contribution < -0.4 is 10.2 Å². The maximum atomic E-state index is 13.4. The average molecular weight is 232 g/mol. The van der Waals surface area contributed by atoms with Gasteiger partial charge < -0.3 is 14.8 Å². The third kappa shape index (κ3) is 2.84. The van der Waals surface area contributed by atoms with Gasteiger partial charge in [0, 0.05) is 11.5 Å². The zero-order valence-corrected chi connectivity index (χ0v) is 8.88. The Morgan fingerprint density at radius 1 is 0.941 bits per heavy atom. The quantitative estimate of drug-likeness (QED) is 0.784. The molecule has 0 saturated heterocycles. The molecule has 0 saturated carbocycles. The molecule has 3 nitrogen and oxygen atoms in total. The van der Waals surface area contributed by atoms with Gasteiger partial charge in [0.25, 0.3) is 0 Å². The molecule has 0 bridgehead atoms. The van der Waals surface area contributed by atoms with E-state index in [-0.39, 0.29) is 5.46 Å². The molecule has 0 aliphatic carbocycles. The van der Waals surface area contributed by atoms with Crippen molar-refractivity contribution < 1.29 is 19.2 Å². The second-order valence-corrected chi connectivity index (χ2v) is 3.47. The summed E-state index contributed by atoms with van der Waals surface area (Å²) in [7, 11) is -1.82. The van der Waals surface area contributed by atoms with Crippen LogP contribution >= 0.6 is 0 Å². The van der Waals surface area contributed by atoms with Crippen LogP contribution in [0.5, 0.6) is 11.5 Å². The number of hydrogen-bond donors (Lipinski definition) is 2. The van der Waals surface area contributed by atoms with Gasteiger partial charge in [-0.1, -0.05) is 24.3 Å². The third-order valence-electron chi connectivity index (χ3n) is 2.23. The molecule has 0 aromatic heterocycles. The predicted octanol–water partition coefficient (Wildman–Crippen LogP) is 1.30. The van der Waals surface area contributed by atoms with Gasteiger partial charge in [-0.25, -0.2) is 4.39 Å². The molecular formula is C12H10BFO3. The lowest BCUT2D eigenvalue weighted by molar-refractivity contribution is 0.422. The molecule has 0 amide bonds. The Kier molecular flexibility index (Phi) is 3.42. The van der Waals surface area contributed by atoms with Crippen LogP contribution in [0.3, 0.4) is 0 Å². The summed E-state index contributed by atoms with van der Waals surface area (Å²) in [5.41, 5.74) is -0.176. The SMILES string of the molecule is OB(O)c1ccc(Oc2ccccc2)cc1F. The van der Waals surface area contributed by atoms with E-state index in [0.29, 0.717) is 11.5 Å². The molecule has 0 spiro atoms. The fourth-order valence-electron chi connectivity index (χ4n) is 1.41. The average Bonchev–Trinajstić information content (AvgIpc) is 2.30. The lowest BCUT2D eigenvalue weighted by atomic mass is 9.80. The van der Waals surface area contributed by atoms with Crippen molar-refractivity contribution >= 4 is 12.6 Å². The number of ether oxygens (including phenoxy) is 1. The van der Waals surface area contributed by atoms with E-state index < -0.39 is 12.9 Å². The number of rotatable bonds is 3. The predicted molar refractivity (Wildman–Crippen MR) is 62.7 cm³/mol. The van der Waals surface area contributed by atoms with E-state index in [9.17, 15) is 4.39 Å². The Morgan fingerprint density at radius 3 is 2.24 bits per heavy atom. The molecule has 0 aliphatic heterocycles. The van der Waals surface area contributed by atoms with Gasteiger partial charge in [-0.2, -0.15) is 0 Å². The number of halogens is 1. The maximum absolute atomic E-state index is 13.4. The normalized spacial score (nSPS) is 10.1. The van der Waals surface area contributed by atoms with E-state index in [1.807, 2.05) is 6.07 Å². The van der Waals surface area contributed by atoms with Crippen LogP contribution in [0.1, 0.15) is 0 Å². The molecule has 17 heavy (non-hydrogen) atoms. The molecule has 2 aromatic carbocycles. The second-order valence-electron chi connectivity index (χ2n) is 3.47. The van der Waals surface area contributed by atoms with Crippen molar-refractivity contribution in [3.63, 3.8) is 0 Å². The van der Waals surface area contributed by atoms with E-state index in [2.05, 4.69) is 0 Å². The van der Waals surface area contributed by atoms with Crippen LogP contribution in [0.2, 0.25) is 0 Å². The van der Waals surface area contributed by atoms with Gasteiger partial charge >= 0.3 is 7.12 Å². The highest BCUT2D eigenvalue weighted by molar-refractivity contribution is 6.58. The summed E-state index contributed by atoms with van der Waals surface area (Å²) < 4.78 is 18.8. The van der Waals surface area contributed by atoms with Gasteiger partial charge in [-0.3, -0.25) is 0 Å². The zero-order chi connectivity index (χ0) is 12.3. The van der Waals surface area contributed by atoms with Crippen molar-refractivity contribution in [1.82, 2.24) is 0 Å². The Morgan fingerprint density at radius 2 is 1.65 bits per heavy atom. The van der Waals surface area contributed by atoms with Crippen LogP contribution in [0.4, 0.5) is 4.39 Å². The van der Waals surface area contributed by atoms with Gasteiger partial charge in [0.15, 0.2) is 0 Å². The van der Waals surface area contributed by atoms with Gasteiger partial charge in [0.05, 0.1) is 0 Å². The summed E-state index contributed by atoms with van der Waals surface area (Å²) in [6.45, 7) is 0. The molecule has 0 atom stereocenters. The molecule has 0 fully saturated rings. The summed E-state index contributed by atoms with van der Waals surface area (Å²) in [4.78, 5) is 0. The fourth-order valence-corrected chi connectivity index (χ4v) is 1.41. The van der Waals surface area contributed by atoms with E-state index >= 15 is 0 Å². The Bertz CT molecular complexity index is 502. The molecular weight excluding hydrogens is 222 g/mol. The number of para-hydroxylation sites is 1. The first-order valence-corrected chi connectivity index (χ1v) is 5.05. The summed E-state index contributed by atoms with van der Waals surface area (Å²) in [6, 6.07) is 12.8. The van der Waals surface area contributed by atoms with Gasteiger partial charge in [-0.15, -0.1) is 0 Å². The van der Waals surface area contributed by atoms with Gasteiger partial charge in [-0.05, 0) is 18.2 Å². The van der Waals surface area contributed by atoms with Crippen molar-refractivity contribution in [3.8, 4) is 11.5 Å². The van der Waals surface area contributed by atoms with Crippen molar-refractivity contribution in [2.45, 2.75) is 0 Å². The highest BCUT2D eigenvalue weighted by Crippen LogP contribution is 2.20. The van der Waals surface area contributed by atoms with Crippen molar-refractivity contribution in [1.29, 1.82) is 0 Å². The van der Waals surface area contributed by atoms with E-state index in [4.69, 9.17) is 14.8 Å². The minimum absolute atomic E-state index is 0.176. The topological polar surface area (TPSA) is 49.7 Å². The van der Waals surface area contributed by atoms with E-state index in [1.54, 1.807) is 24.3 Å². The molecule has 0 heterocycles. The Hall–Kier alpha value is -1.85. The molecule has 2 aromatic rings. The second kappa shape index (κ2) is 4.99. The first kappa shape index (κ1) is 11.6. The van der Waals surface area contributed by atoms with Crippen LogP contribution in [-0.4, -0.2) is 17.2 Å². The van der Waals surface area contributed by atoms with Crippen LogP contribution in [0.25, 0.3) is 0 Å². The fraction of sp³-hybridized carbons (Fsp3) is 0. The minimum atomic E-state index is -1.82. The van der Waals surface area contributed by atoms with E-state index in [1.165, 1.54) is 12.1 Å². The number of benzene rings is 2. The van der Waals surface area contributed by atoms with Crippen LogP contribution in [-0.2, 0) is 0 Å². The minimum Gasteiger partial charge on any atom is -0.457 e. The molecule has 2 N–H and O–H groups in total. The molecule has 86 valence electrons. The van der Waals surface area contributed by atoms with Gasteiger partial charge in [0.2, 0.25) is 0 Å². The zero-order valence-electron chi connectivity index (χ0n) is 8.88. The van der Waals surface area contributed by atoms with Crippen LogP contribution in [0.15, 0.2) is 48.5 Å². The lowest BCUT2D eigenvalue weighted by Crippen LogP contribution is -2.32. The first-order chi connectivity index (χ1) is 8.16. The third-order valence-corrected chi connectivity index (χ3v) is 2.23. The molecule has 0 radical (unpaired) electrons. The Labute approximate surface area is 98.2 Å². The standard InChI is InChI=1S/C12H10BFO3/c14-12-8-10(6-7-11(12)13(15)16)17-9-4-2-1-3-5-9/h1-8,15-16H. The van der Waals surface area contributed by atoms with Crippen molar-refractivity contribution in [3.05, 3.63) is 54.3 Å². The molecule has 0 aliphatic rings. The van der Waals surface area contributed by atoms with Crippen LogP contribution in [0, 0.1) is 5.82 Å². The molecule has 2 rings (SSSR count). The highest BCUT2D eigenvalue weighted by atomic mass is 19.1. The summed E-state index contributed by atoms with van der Waals surface area (Å²) in [5.74, 6) is 0.177. The first-order valence-electron chi connectivity index (χ1n) is 5.05. The summed E-state index contributed by atoms with van der Waals surface area (Å²) in [5, 5.41) is 17.7. The lowest BCUT2D eigenvalue weighted by Gasteiger charge is -2.07. The molecule has 0 unspecified atom stereocenters. The summed E-state index contributed by atoms with van der Waals surface area (Å²) >= 11 is 0. The molecule has 5 heteroatoms. The maximum Gasteiger partial charge on any atom is 0.491 e.